The fraction of sp³-hybridized carbons (Fsp3) is 0.800. The molecular formula is C10H21N3O2. The van der Waals surface area contributed by atoms with E-state index < -0.39 is 5.41 Å². The molecule has 88 valence electrons. The molecule has 0 radical (unpaired) electrons. The molecule has 3 N–H and O–H groups in total. The molecular weight excluding hydrogens is 194 g/mol. The Bertz CT molecular complexity index is 239. The van der Waals surface area contributed by atoms with E-state index in [-0.39, 0.29) is 17.9 Å². The zero-order valence-electron chi connectivity index (χ0n) is 10.1. The van der Waals surface area contributed by atoms with Crippen LogP contribution < -0.4 is 16.0 Å². The first-order chi connectivity index (χ1) is 6.85. The Kier molecular flexibility index (Phi) is 5.28. The van der Waals surface area contributed by atoms with Crippen molar-refractivity contribution in [3.63, 3.8) is 0 Å². The summed E-state index contributed by atoms with van der Waals surface area (Å²) in [6.45, 7) is 5.88. The Balaban J connectivity index is 4.14. The molecule has 15 heavy (non-hydrogen) atoms. The van der Waals surface area contributed by atoms with Gasteiger partial charge in [0.2, 0.25) is 11.8 Å². The van der Waals surface area contributed by atoms with Gasteiger partial charge in [0.25, 0.3) is 0 Å². The van der Waals surface area contributed by atoms with Crippen molar-refractivity contribution < 1.29 is 9.59 Å². The molecule has 0 bridgehead atoms. The summed E-state index contributed by atoms with van der Waals surface area (Å²) in [6, 6.07) is -0.293. The maximum atomic E-state index is 11.4. The van der Waals surface area contributed by atoms with Crippen molar-refractivity contribution in [3.05, 3.63) is 0 Å². The van der Waals surface area contributed by atoms with E-state index in [0.29, 0.717) is 6.54 Å². The minimum Gasteiger partial charge on any atom is -0.359 e. The maximum absolute atomic E-state index is 11.4. The first-order valence-corrected chi connectivity index (χ1v) is 5.02. The third-order valence-electron chi connectivity index (χ3n) is 2.33. The second-order valence-corrected chi connectivity index (χ2v) is 4.18. The second-order valence-electron chi connectivity index (χ2n) is 4.18. The van der Waals surface area contributed by atoms with Crippen LogP contribution in [-0.4, -0.2) is 38.5 Å². The minimum atomic E-state index is -0.517. The molecule has 0 aliphatic rings. The van der Waals surface area contributed by atoms with Crippen LogP contribution >= 0.6 is 0 Å². The van der Waals surface area contributed by atoms with E-state index in [0.717, 1.165) is 0 Å². The van der Waals surface area contributed by atoms with Crippen molar-refractivity contribution in [1.82, 2.24) is 16.0 Å². The molecule has 0 saturated carbocycles. The van der Waals surface area contributed by atoms with Gasteiger partial charge >= 0.3 is 0 Å². The van der Waals surface area contributed by atoms with E-state index in [1.165, 1.54) is 0 Å². The summed E-state index contributed by atoms with van der Waals surface area (Å²) in [6.07, 6.45) is 0. The van der Waals surface area contributed by atoms with Gasteiger partial charge in [-0.3, -0.25) is 9.59 Å². The SMILES string of the molecule is CNC(=O)C(C)NCC(C)(C)C(=O)NC. The fourth-order valence-corrected chi connectivity index (χ4v) is 1.14. The number of carbonyl (C=O) groups is 2. The number of hydrogen-bond acceptors (Lipinski definition) is 3. The van der Waals surface area contributed by atoms with Crippen LogP contribution in [0.5, 0.6) is 0 Å². The molecule has 5 heteroatoms. The van der Waals surface area contributed by atoms with Crippen molar-refractivity contribution in [1.29, 1.82) is 0 Å². The molecule has 0 aromatic rings. The quantitative estimate of drug-likeness (QED) is 0.578. The second kappa shape index (κ2) is 5.70. The lowest BCUT2D eigenvalue weighted by molar-refractivity contribution is -0.129. The molecule has 1 atom stereocenters. The number of carbonyl (C=O) groups excluding carboxylic acids is 2. The van der Waals surface area contributed by atoms with Crippen LogP contribution in [0.2, 0.25) is 0 Å². The van der Waals surface area contributed by atoms with Gasteiger partial charge in [-0.15, -0.1) is 0 Å². The number of amides is 2. The lowest BCUT2D eigenvalue weighted by atomic mass is 9.92. The van der Waals surface area contributed by atoms with Gasteiger partial charge in [0, 0.05) is 20.6 Å². The van der Waals surface area contributed by atoms with Crippen LogP contribution in [0.3, 0.4) is 0 Å². The van der Waals surface area contributed by atoms with Gasteiger partial charge in [-0.2, -0.15) is 0 Å². The minimum absolute atomic E-state index is 0.0425. The van der Waals surface area contributed by atoms with Crippen LogP contribution in [-0.2, 0) is 9.59 Å². The van der Waals surface area contributed by atoms with Gasteiger partial charge in [0.1, 0.15) is 0 Å². The summed E-state index contributed by atoms with van der Waals surface area (Å²) in [5, 5.41) is 8.15. The lowest BCUT2D eigenvalue weighted by Gasteiger charge is -2.24. The fourth-order valence-electron chi connectivity index (χ4n) is 1.14. The molecule has 1 unspecified atom stereocenters. The molecule has 0 rings (SSSR count). The highest BCUT2D eigenvalue weighted by Crippen LogP contribution is 2.13. The number of nitrogens with one attached hydrogen (secondary N) is 3. The summed E-state index contributed by atoms with van der Waals surface area (Å²) < 4.78 is 0. The molecule has 0 heterocycles. The Hall–Kier alpha value is -1.10. The van der Waals surface area contributed by atoms with Gasteiger partial charge in [0.05, 0.1) is 11.5 Å². The Morgan fingerprint density at radius 3 is 2.13 bits per heavy atom. The average molecular weight is 215 g/mol. The van der Waals surface area contributed by atoms with Gasteiger partial charge in [-0.05, 0) is 20.8 Å². The lowest BCUT2D eigenvalue weighted by Crippen LogP contribution is -2.48. The van der Waals surface area contributed by atoms with Crippen molar-refractivity contribution in [2.75, 3.05) is 20.6 Å². The first-order valence-electron chi connectivity index (χ1n) is 5.02. The summed E-state index contributed by atoms with van der Waals surface area (Å²) in [4.78, 5) is 22.6. The van der Waals surface area contributed by atoms with E-state index in [9.17, 15) is 9.59 Å². The maximum Gasteiger partial charge on any atom is 0.236 e. The van der Waals surface area contributed by atoms with Gasteiger partial charge < -0.3 is 16.0 Å². The zero-order valence-corrected chi connectivity index (χ0v) is 10.1. The van der Waals surface area contributed by atoms with Gasteiger partial charge in [-0.1, -0.05) is 0 Å². The molecule has 0 aliphatic carbocycles. The topological polar surface area (TPSA) is 70.2 Å². The van der Waals surface area contributed by atoms with Crippen molar-refractivity contribution in [2.45, 2.75) is 26.8 Å². The van der Waals surface area contributed by atoms with Crippen LogP contribution in [0.1, 0.15) is 20.8 Å². The molecule has 0 fully saturated rings. The molecule has 0 aliphatic heterocycles. The van der Waals surface area contributed by atoms with E-state index in [1.54, 1.807) is 21.0 Å². The molecule has 5 nitrogen and oxygen atoms in total. The van der Waals surface area contributed by atoms with E-state index in [1.807, 2.05) is 13.8 Å². The van der Waals surface area contributed by atoms with Gasteiger partial charge in [0.15, 0.2) is 0 Å². The first kappa shape index (κ1) is 13.9. The molecule has 2 amide bonds. The summed E-state index contributed by atoms with van der Waals surface area (Å²) in [5.74, 6) is -0.123. The Morgan fingerprint density at radius 1 is 1.20 bits per heavy atom. The van der Waals surface area contributed by atoms with E-state index in [2.05, 4.69) is 16.0 Å². The molecule has 0 saturated heterocycles. The standard InChI is InChI=1S/C10H21N3O2/c1-7(8(14)11-4)13-6-10(2,3)9(15)12-5/h7,13H,6H2,1-5H3,(H,11,14)(H,12,15). The normalized spacial score (nSPS) is 13.1. The predicted octanol–water partition coefficient (Wildman–Crippen LogP) is -0.517. The average Bonchev–Trinajstić information content (AvgIpc) is 2.23. The highest BCUT2D eigenvalue weighted by molar-refractivity contribution is 5.82. The smallest absolute Gasteiger partial charge is 0.236 e. The number of hydrogen-bond donors (Lipinski definition) is 3. The highest BCUT2D eigenvalue weighted by atomic mass is 16.2. The highest BCUT2D eigenvalue weighted by Gasteiger charge is 2.27. The third kappa shape index (κ3) is 4.29. The molecule has 0 aromatic carbocycles. The van der Waals surface area contributed by atoms with Crippen LogP contribution in [0.15, 0.2) is 0 Å². The number of rotatable bonds is 5. The summed E-state index contributed by atoms with van der Waals surface area (Å²) in [5.41, 5.74) is -0.517. The third-order valence-corrected chi connectivity index (χ3v) is 2.33. The Labute approximate surface area is 91.0 Å². The number of likely N-dealkylation sites (N-methyl/N-ethyl adjacent to an activating group) is 1. The van der Waals surface area contributed by atoms with Crippen molar-refractivity contribution in [3.8, 4) is 0 Å². The zero-order chi connectivity index (χ0) is 12.1. The molecule has 0 aromatic heterocycles. The molecule has 0 spiro atoms. The van der Waals surface area contributed by atoms with Gasteiger partial charge in [-0.25, -0.2) is 0 Å². The summed E-state index contributed by atoms with van der Waals surface area (Å²) in [7, 11) is 3.19. The Morgan fingerprint density at radius 2 is 1.73 bits per heavy atom. The van der Waals surface area contributed by atoms with Crippen molar-refractivity contribution in [2.24, 2.45) is 5.41 Å². The largest absolute Gasteiger partial charge is 0.359 e. The summed E-state index contributed by atoms with van der Waals surface area (Å²) >= 11 is 0. The van der Waals surface area contributed by atoms with Crippen molar-refractivity contribution >= 4 is 11.8 Å². The van der Waals surface area contributed by atoms with Crippen LogP contribution in [0.4, 0.5) is 0 Å². The predicted molar refractivity (Wildman–Crippen MR) is 59.4 cm³/mol. The van der Waals surface area contributed by atoms with E-state index >= 15 is 0 Å². The van der Waals surface area contributed by atoms with E-state index in [4.69, 9.17) is 0 Å². The van der Waals surface area contributed by atoms with Crippen LogP contribution in [0.25, 0.3) is 0 Å². The van der Waals surface area contributed by atoms with Crippen LogP contribution in [0, 0.1) is 5.41 Å². The monoisotopic (exact) mass is 215 g/mol.